The largest absolute Gasteiger partial charge is 0.497 e. The monoisotopic (exact) mass is 326 g/mol. The highest BCUT2D eigenvalue weighted by Crippen LogP contribution is 2.35. The van der Waals surface area contributed by atoms with E-state index in [1.54, 1.807) is 18.5 Å². The lowest BCUT2D eigenvalue weighted by Crippen LogP contribution is -2.42. The van der Waals surface area contributed by atoms with Crippen molar-refractivity contribution in [1.82, 2.24) is 8.61 Å². The molecule has 1 heterocycles. The van der Waals surface area contributed by atoms with Gasteiger partial charge in [-0.2, -0.15) is 17.0 Å². The predicted octanol–water partition coefficient (Wildman–Crippen LogP) is 2.66. The van der Waals surface area contributed by atoms with Gasteiger partial charge in [0, 0.05) is 20.1 Å². The third kappa shape index (κ3) is 3.62. The van der Waals surface area contributed by atoms with Crippen LogP contribution in [0, 0.1) is 5.92 Å². The summed E-state index contributed by atoms with van der Waals surface area (Å²) in [6.45, 7) is 5.17. The standard InChI is InChI=1S/C16H26N2O3S/c1-13(2)12-17(3)22(19,20)18-11-5-6-16(18)14-7-9-15(21-4)10-8-14/h7-10,13,16H,5-6,11-12H2,1-4H3/t16-/m1/s1. The van der Waals surface area contributed by atoms with E-state index in [9.17, 15) is 8.42 Å². The summed E-state index contributed by atoms with van der Waals surface area (Å²) in [5, 5.41) is 0. The highest BCUT2D eigenvalue weighted by molar-refractivity contribution is 7.86. The topological polar surface area (TPSA) is 49.9 Å². The molecule has 22 heavy (non-hydrogen) atoms. The molecule has 0 spiro atoms. The molecule has 0 aromatic heterocycles. The Morgan fingerprint density at radius 2 is 1.95 bits per heavy atom. The van der Waals surface area contributed by atoms with Crippen LogP contribution in [0.2, 0.25) is 0 Å². The number of benzene rings is 1. The zero-order chi connectivity index (χ0) is 16.3. The van der Waals surface area contributed by atoms with Gasteiger partial charge >= 0.3 is 0 Å². The summed E-state index contributed by atoms with van der Waals surface area (Å²) in [5.74, 6) is 1.09. The molecule has 6 heteroatoms. The van der Waals surface area contributed by atoms with E-state index in [0.717, 1.165) is 24.2 Å². The average molecular weight is 326 g/mol. The van der Waals surface area contributed by atoms with Gasteiger partial charge in [0.1, 0.15) is 5.75 Å². The average Bonchev–Trinajstić information content (AvgIpc) is 2.96. The predicted molar refractivity (Wildman–Crippen MR) is 88.1 cm³/mol. The number of hydrogen-bond donors (Lipinski definition) is 0. The van der Waals surface area contributed by atoms with Crippen molar-refractivity contribution in [1.29, 1.82) is 0 Å². The fraction of sp³-hybridized carbons (Fsp3) is 0.625. The zero-order valence-corrected chi connectivity index (χ0v) is 14.6. The fourth-order valence-electron chi connectivity index (χ4n) is 2.96. The molecule has 1 atom stereocenters. The minimum Gasteiger partial charge on any atom is -0.497 e. The molecule has 0 N–H and O–H groups in total. The summed E-state index contributed by atoms with van der Waals surface area (Å²) < 4.78 is 33.9. The third-order valence-electron chi connectivity index (χ3n) is 4.02. The second kappa shape index (κ2) is 6.98. The quantitative estimate of drug-likeness (QED) is 0.807. The van der Waals surface area contributed by atoms with E-state index in [4.69, 9.17) is 4.74 Å². The van der Waals surface area contributed by atoms with Crippen LogP contribution in [0.3, 0.4) is 0 Å². The number of ether oxygens (including phenoxy) is 1. The summed E-state index contributed by atoms with van der Waals surface area (Å²) in [6.07, 6.45) is 1.76. The Bertz CT molecular complexity index is 584. The highest BCUT2D eigenvalue weighted by Gasteiger charge is 2.37. The number of rotatable bonds is 6. The molecule has 2 rings (SSSR count). The van der Waals surface area contributed by atoms with E-state index in [0.29, 0.717) is 19.0 Å². The van der Waals surface area contributed by atoms with Crippen LogP contribution in [0.1, 0.15) is 38.3 Å². The summed E-state index contributed by atoms with van der Waals surface area (Å²) in [4.78, 5) is 0. The lowest BCUT2D eigenvalue weighted by molar-refractivity contribution is 0.333. The maximum Gasteiger partial charge on any atom is 0.282 e. The number of nitrogens with zero attached hydrogens (tertiary/aromatic N) is 2. The van der Waals surface area contributed by atoms with Crippen molar-refractivity contribution in [3.8, 4) is 5.75 Å². The molecule has 0 saturated carbocycles. The maximum absolute atomic E-state index is 12.8. The minimum absolute atomic E-state index is 0.0782. The van der Waals surface area contributed by atoms with Gasteiger partial charge < -0.3 is 4.74 Å². The van der Waals surface area contributed by atoms with Crippen LogP contribution in [0.15, 0.2) is 24.3 Å². The molecular formula is C16H26N2O3S. The molecule has 0 unspecified atom stereocenters. The van der Waals surface area contributed by atoms with Crippen LogP contribution in [0.4, 0.5) is 0 Å². The van der Waals surface area contributed by atoms with Gasteiger partial charge in [-0.15, -0.1) is 0 Å². The van der Waals surface area contributed by atoms with Crippen LogP contribution < -0.4 is 4.74 Å². The van der Waals surface area contributed by atoms with Crippen LogP contribution in [-0.2, 0) is 10.2 Å². The molecule has 1 fully saturated rings. The van der Waals surface area contributed by atoms with Gasteiger partial charge in [0.05, 0.1) is 13.2 Å². The first-order valence-corrected chi connectivity index (χ1v) is 9.13. The van der Waals surface area contributed by atoms with Gasteiger partial charge in [-0.25, -0.2) is 0 Å². The number of methoxy groups -OCH3 is 1. The maximum atomic E-state index is 12.8. The summed E-state index contributed by atoms with van der Waals surface area (Å²) in [5.41, 5.74) is 1.03. The van der Waals surface area contributed by atoms with Gasteiger partial charge in [-0.05, 0) is 36.5 Å². The number of hydrogen-bond acceptors (Lipinski definition) is 3. The minimum atomic E-state index is -3.41. The smallest absolute Gasteiger partial charge is 0.282 e. The SMILES string of the molecule is COc1ccc([C@H]2CCCN2S(=O)(=O)N(C)CC(C)C)cc1. The van der Waals surface area contributed by atoms with Crippen molar-refractivity contribution >= 4 is 10.2 Å². The Balaban J connectivity index is 2.22. The van der Waals surface area contributed by atoms with Crippen LogP contribution >= 0.6 is 0 Å². The summed E-state index contributed by atoms with van der Waals surface area (Å²) >= 11 is 0. The van der Waals surface area contributed by atoms with E-state index >= 15 is 0 Å². The lowest BCUT2D eigenvalue weighted by Gasteiger charge is -2.30. The molecule has 1 saturated heterocycles. The van der Waals surface area contributed by atoms with Crippen molar-refractivity contribution in [2.75, 3.05) is 27.2 Å². The molecule has 5 nitrogen and oxygen atoms in total. The van der Waals surface area contributed by atoms with Crippen LogP contribution in [0.5, 0.6) is 5.75 Å². The van der Waals surface area contributed by atoms with E-state index in [1.807, 2.05) is 38.1 Å². The Kier molecular flexibility index (Phi) is 5.47. The highest BCUT2D eigenvalue weighted by atomic mass is 32.2. The molecule has 1 aliphatic rings. The molecule has 1 aromatic rings. The molecule has 1 aromatic carbocycles. The Hall–Kier alpha value is -1.11. The molecule has 0 amide bonds. The van der Waals surface area contributed by atoms with Crippen molar-refractivity contribution in [3.63, 3.8) is 0 Å². The van der Waals surface area contributed by atoms with E-state index in [2.05, 4.69) is 0 Å². The van der Waals surface area contributed by atoms with E-state index < -0.39 is 10.2 Å². The molecule has 0 aliphatic carbocycles. The van der Waals surface area contributed by atoms with Crippen molar-refractivity contribution in [2.45, 2.75) is 32.7 Å². The fourth-order valence-corrected chi connectivity index (χ4v) is 4.72. The first kappa shape index (κ1) is 17.2. The molecular weight excluding hydrogens is 300 g/mol. The van der Waals surface area contributed by atoms with Crippen molar-refractivity contribution in [2.24, 2.45) is 5.92 Å². The zero-order valence-electron chi connectivity index (χ0n) is 13.8. The van der Waals surface area contributed by atoms with Gasteiger partial charge in [-0.3, -0.25) is 0 Å². The second-order valence-electron chi connectivity index (χ2n) is 6.22. The Morgan fingerprint density at radius 1 is 1.32 bits per heavy atom. The summed E-state index contributed by atoms with van der Waals surface area (Å²) in [6, 6.07) is 7.61. The summed E-state index contributed by atoms with van der Waals surface area (Å²) in [7, 11) is -0.119. The molecule has 124 valence electrons. The van der Waals surface area contributed by atoms with E-state index in [1.165, 1.54) is 4.31 Å². The molecule has 0 bridgehead atoms. The normalized spacial score (nSPS) is 20.0. The second-order valence-corrected chi connectivity index (χ2v) is 8.21. The Morgan fingerprint density at radius 3 is 2.50 bits per heavy atom. The van der Waals surface area contributed by atoms with E-state index in [-0.39, 0.29) is 6.04 Å². The lowest BCUT2D eigenvalue weighted by atomic mass is 10.1. The van der Waals surface area contributed by atoms with Gasteiger partial charge in [0.15, 0.2) is 0 Å². The molecule has 1 aliphatic heterocycles. The van der Waals surface area contributed by atoms with Crippen LogP contribution in [0.25, 0.3) is 0 Å². The van der Waals surface area contributed by atoms with Gasteiger partial charge in [0.25, 0.3) is 10.2 Å². The van der Waals surface area contributed by atoms with Crippen molar-refractivity contribution in [3.05, 3.63) is 29.8 Å². The first-order chi connectivity index (χ1) is 10.4. The van der Waals surface area contributed by atoms with Gasteiger partial charge in [-0.1, -0.05) is 26.0 Å². The van der Waals surface area contributed by atoms with Gasteiger partial charge in [0.2, 0.25) is 0 Å². The molecule has 0 radical (unpaired) electrons. The van der Waals surface area contributed by atoms with Crippen LogP contribution in [-0.4, -0.2) is 44.3 Å². The third-order valence-corrected chi connectivity index (χ3v) is 5.98. The van der Waals surface area contributed by atoms with Crippen molar-refractivity contribution < 1.29 is 13.2 Å². The first-order valence-electron chi connectivity index (χ1n) is 7.73. The Labute approximate surface area is 134 Å².